The van der Waals surface area contributed by atoms with Crippen molar-refractivity contribution in [3.63, 3.8) is 0 Å². The second-order valence-corrected chi connectivity index (χ2v) is 6.52. The predicted molar refractivity (Wildman–Crippen MR) is 87.3 cm³/mol. The molecular weight excluding hydrogens is 318 g/mol. The summed E-state index contributed by atoms with van der Waals surface area (Å²) in [5.74, 6) is 1.61. The van der Waals surface area contributed by atoms with Crippen molar-refractivity contribution in [3.05, 3.63) is 16.0 Å². The van der Waals surface area contributed by atoms with Gasteiger partial charge >= 0.3 is 0 Å². The standard InChI is InChI=1S/C15H26BrN3O/c1-7-10(20-9-3)13-18-12(15(4,5)6)11(16)14(19-13)17-8-2/h10H,7-9H2,1-6H3,(H,17,18,19). The Labute approximate surface area is 130 Å². The topological polar surface area (TPSA) is 47.0 Å². The first-order valence-electron chi connectivity index (χ1n) is 7.28. The van der Waals surface area contributed by atoms with Crippen molar-refractivity contribution in [2.45, 2.75) is 59.5 Å². The highest BCUT2D eigenvalue weighted by atomic mass is 79.9. The van der Waals surface area contributed by atoms with Crippen LogP contribution in [-0.4, -0.2) is 23.1 Å². The van der Waals surface area contributed by atoms with Crippen molar-refractivity contribution in [2.75, 3.05) is 18.5 Å². The minimum Gasteiger partial charge on any atom is -0.371 e. The van der Waals surface area contributed by atoms with E-state index in [-0.39, 0.29) is 11.5 Å². The molecule has 1 aromatic rings. The lowest BCUT2D eigenvalue weighted by Crippen LogP contribution is -2.20. The maximum atomic E-state index is 5.75. The molecule has 1 unspecified atom stereocenters. The molecule has 1 rings (SSSR count). The predicted octanol–water partition coefficient (Wildman–Crippen LogP) is 4.46. The van der Waals surface area contributed by atoms with E-state index >= 15 is 0 Å². The Morgan fingerprint density at radius 2 is 1.85 bits per heavy atom. The normalized spacial score (nSPS) is 13.3. The number of halogens is 1. The summed E-state index contributed by atoms with van der Waals surface area (Å²) in [7, 11) is 0. The third-order valence-electron chi connectivity index (χ3n) is 2.95. The van der Waals surface area contributed by atoms with Gasteiger partial charge in [-0.05, 0) is 36.2 Å². The molecule has 0 aliphatic carbocycles. The number of aromatic nitrogens is 2. The van der Waals surface area contributed by atoms with Crippen LogP contribution in [-0.2, 0) is 10.2 Å². The van der Waals surface area contributed by atoms with Gasteiger partial charge in [0.25, 0.3) is 0 Å². The van der Waals surface area contributed by atoms with E-state index in [1.165, 1.54) is 0 Å². The molecule has 1 heterocycles. The summed E-state index contributed by atoms with van der Waals surface area (Å²) >= 11 is 3.63. The number of anilines is 1. The van der Waals surface area contributed by atoms with Gasteiger partial charge < -0.3 is 10.1 Å². The summed E-state index contributed by atoms with van der Waals surface area (Å²) in [6.07, 6.45) is 0.816. The number of ether oxygens (including phenoxy) is 1. The molecule has 0 aliphatic rings. The summed E-state index contributed by atoms with van der Waals surface area (Å²) < 4.78 is 6.70. The molecule has 0 radical (unpaired) electrons. The van der Waals surface area contributed by atoms with E-state index in [9.17, 15) is 0 Å². The third kappa shape index (κ3) is 4.16. The van der Waals surface area contributed by atoms with E-state index in [4.69, 9.17) is 9.72 Å². The summed E-state index contributed by atoms with van der Waals surface area (Å²) in [5, 5.41) is 3.30. The molecule has 1 N–H and O–H groups in total. The quantitative estimate of drug-likeness (QED) is 0.828. The number of rotatable bonds is 6. The van der Waals surface area contributed by atoms with Crippen LogP contribution in [0, 0.1) is 0 Å². The van der Waals surface area contributed by atoms with Crippen LogP contribution in [0.1, 0.15) is 65.6 Å². The van der Waals surface area contributed by atoms with Crippen molar-refractivity contribution < 1.29 is 4.74 Å². The van der Waals surface area contributed by atoms with Crippen LogP contribution in [0.3, 0.4) is 0 Å². The van der Waals surface area contributed by atoms with Gasteiger partial charge in [0, 0.05) is 18.6 Å². The highest BCUT2D eigenvalue weighted by Gasteiger charge is 2.25. The number of hydrogen-bond acceptors (Lipinski definition) is 4. The van der Waals surface area contributed by atoms with E-state index in [1.807, 2.05) is 6.92 Å². The lowest BCUT2D eigenvalue weighted by molar-refractivity contribution is 0.0532. The molecule has 0 saturated carbocycles. The molecule has 0 aliphatic heterocycles. The van der Waals surface area contributed by atoms with Crippen LogP contribution < -0.4 is 5.32 Å². The molecule has 0 bridgehead atoms. The maximum Gasteiger partial charge on any atom is 0.159 e. The molecule has 0 amide bonds. The first-order chi connectivity index (χ1) is 9.35. The van der Waals surface area contributed by atoms with Crippen LogP contribution in [0.4, 0.5) is 5.82 Å². The van der Waals surface area contributed by atoms with Gasteiger partial charge in [0.05, 0.1) is 10.2 Å². The van der Waals surface area contributed by atoms with Gasteiger partial charge in [-0.25, -0.2) is 9.97 Å². The molecule has 1 aromatic heterocycles. The molecule has 114 valence electrons. The van der Waals surface area contributed by atoms with E-state index in [0.717, 1.165) is 34.8 Å². The van der Waals surface area contributed by atoms with E-state index in [1.54, 1.807) is 0 Å². The van der Waals surface area contributed by atoms with Crippen molar-refractivity contribution >= 4 is 21.7 Å². The zero-order chi connectivity index (χ0) is 15.3. The Morgan fingerprint density at radius 1 is 1.20 bits per heavy atom. The number of nitrogens with one attached hydrogen (secondary N) is 1. The van der Waals surface area contributed by atoms with Gasteiger partial charge in [0.1, 0.15) is 11.9 Å². The smallest absolute Gasteiger partial charge is 0.159 e. The minimum absolute atomic E-state index is 0.0494. The second kappa shape index (κ2) is 7.36. The second-order valence-electron chi connectivity index (χ2n) is 5.73. The van der Waals surface area contributed by atoms with Crippen LogP contribution in [0.25, 0.3) is 0 Å². The van der Waals surface area contributed by atoms with Crippen molar-refractivity contribution in [1.82, 2.24) is 9.97 Å². The lowest BCUT2D eigenvalue weighted by Gasteiger charge is -2.24. The maximum absolute atomic E-state index is 5.75. The highest BCUT2D eigenvalue weighted by Crippen LogP contribution is 2.34. The van der Waals surface area contributed by atoms with Crippen LogP contribution in [0.5, 0.6) is 0 Å². The van der Waals surface area contributed by atoms with Gasteiger partial charge in [0.15, 0.2) is 5.82 Å². The van der Waals surface area contributed by atoms with Crippen LogP contribution in [0.15, 0.2) is 4.47 Å². The SMILES string of the molecule is CCNc1nc(C(CC)OCC)nc(C(C)(C)C)c1Br. The molecular formula is C15H26BrN3O. The first kappa shape index (κ1) is 17.4. The first-order valence-corrected chi connectivity index (χ1v) is 8.07. The Kier molecular flexibility index (Phi) is 6.40. The van der Waals surface area contributed by atoms with Crippen molar-refractivity contribution in [3.8, 4) is 0 Å². The van der Waals surface area contributed by atoms with E-state index in [0.29, 0.717) is 6.61 Å². The zero-order valence-electron chi connectivity index (χ0n) is 13.4. The molecule has 4 nitrogen and oxygen atoms in total. The van der Waals surface area contributed by atoms with Gasteiger partial charge in [-0.3, -0.25) is 0 Å². The Bertz CT molecular complexity index is 443. The Morgan fingerprint density at radius 3 is 2.30 bits per heavy atom. The average molecular weight is 344 g/mol. The van der Waals surface area contributed by atoms with Crippen molar-refractivity contribution in [2.24, 2.45) is 0 Å². The number of nitrogens with zero attached hydrogens (tertiary/aromatic N) is 2. The summed E-state index contributed by atoms with van der Waals surface area (Å²) in [6, 6.07) is 0. The molecule has 0 fully saturated rings. The van der Waals surface area contributed by atoms with Crippen molar-refractivity contribution in [1.29, 1.82) is 0 Å². The fourth-order valence-corrected chi connectivity index (χ4v) is 2.88. The number of hydrogen-bond donors (Lipinski definition) is 1. The van der Waals surface area contributed by atoms with Gasteiger partial charge in [0.2, 0.25) is 0 Å². The van der Waals surface area contributed by atoms with E-state index < -0.39 is 0 Å². The van der Waals surface area contributed by atoms with E-state index in [2.05, 4.69) is 60.8 Å². The average Bonchev–Trinajstić information content (AvgIpc) is 2.37. The summed E-state index contributed by atoms with van der Waals surface area (Å²) in [5.41, 5.74) is 0.960. The monoisotopic (exact) mass is 343 g/mol. The Balaban J connectivity index is 3.35. The fourth-order valence-electron chi connectivity index (χ4n) is 1.97. The highest BCUT2D eigenvalue weighted by molar-refractivity contribution is 9.10. The van der Waals surface area contributed by atoms with Crippen LogP contribution >= 0.6 is 15.9 Å². The molecule has 0 spiro atoms. The third-order valence-corrected chi connectivity index (χ3v) is 3.70. The minimum atomic E-state index is -0.0504. The summed E-state index contributed by atoms with van der Waals surface area (Å²) in [6.45, 7) is 14.1. The summed E-state index contributed by atoms with van der Waals surface area (Å²) in [4.78, 5) is 9.39. The van der Waals surface area contributed by atoms with Gasteiger partial charge in [-0.1, -0.05) is 27.7 Å². The molecule has 0 aromatic carbocycles. The van der Waals surface area contributed by atoms with Crippen LogP contribution in [0.2, 0.25) is 0 Å². The zero-order valence-corrected chi connectivity index (χ0v) is 15.0. The largest absolute Gasteiger partial charge is 0.371 e. The molecule has 20 heavy (non-hydrogen) atoms. The molecule has 5 heteroatoms. The van der Waals surface area contributed by atoms with Gasteiger partial charge in [-0.15, -0.1) is 0 Å². The molecule has 0 saturated heterocycles. The molecule has 1 atom stereocenters. The Hall–Kier alpha value is -0.680. The fraction of sp³-hybridized carbons (Fsp3) is 0.733. The lowest BCUT2D eigenvalue weighted by atomic mass is 9.91. The van der Waals surface area contributed by atoms with Gasteiger partial charge in [-0.2, -0.15) is 0 Å².